The highest BCUT2D eigenvalue weighted by molar-refractivity contribution is 6.31. The first-order valence-corrected chi connectivity index (χ1v) is 6.96. The van der Waals surface area contributed by atoms with Crippen molar-refractivity contribution in [3.8, 4) is 5.75 Å². The number of benzene rings is 1. The molecule has 0 aliphatic rings. The molecule has 4 nitrogen and oxygen atoms in total. The molecule has 1 unspecified atom stereocenters. The lowest BCUT2D eigenvalue weighted by molar-refractivity contribution is 0.171. The number of nitrogens with zero attached hydrogens (tertiary/aromatic N) is 2. The summed E-state index contributed by atoms with van der Waals surface area (Å²) in [6.45, 7) is 2.06. The van der Waals surface area contributed by atoms with E-state index >= 15 is 0 Å². The lowest BCUT2D eigenvalue weighted by Crippen LogP contribution is -2.08. The van der Waals surface area contributed by atoms with Crippen molar-refractivity contribution in [1.29, 1.82) is 0 Å². The number of hydrogen-bond donors (Lipinski definition) is 1. The molecule has 0 bridgehead atoms. The number of aryl methyl sites for hydroxylation is 2. The van der Waals surface area contributed by atoms with E-state index in [9.17, 15) is 5.11 Å². The third-order valence-corrected chi connectivity index (χ3v) is 3.69. The minimum atomic E-state index is -0.723. The van der Waals surface area contributed by atoms with Gasteiger partial charge in [-0.15, -0.1) is 0 Å². The second-order valence-corrected chi connectivity index (χ2v) is 5.09. The quantitative estimate of drug-likeness (QED) is 0.922. The normalized spacial score (nSPS) is 12.4. The molecule has 0 spiro atoms. The summed E-state index contributed by atoms with van der Waals surface area (Å²) < 4.78 is 7.07. The molecule has 2 rings (SSSR count). The molecule has 0 radical (unpaired) electrons. The van der Waals surface area contributed by atoms with Gasteiger partial charge in [-0.25, -0.2) is 0 Å². The van der Waals surface area contributed by atoms with Gasteiger partial charge in [0.1, 0.15) is 5.75 Å². The van der Waals surface area contributed by atoms with Gasteiger partial charge >= 0.3 is 0 Å². The van der Waals surface area contributed by atoms with E-state index < -0.39 is 6.10 Å². The largest absolute Gasteiger partial charge is 0.496 e. The van der Waals surface area contributed by atoms with Crippen LogP contribution in [-0.2, 0) is 19.9 Å². The van der Waals surface area contributed by atoms with Crippen molar-refractivity contribution in [2.75, 3.05) is 7.11 Å². The molecule has 1 atom stereocenters. The van der Waals surface area contributed by atoms with Crippen molar-refractivity contribution in [3.05, 3.63) is 46.2 Å². The van der Waals surface area contributed by atoms with E-state index in [-0.39, 0.29) is 0 Å². The zero-order valence-corrected chi connectivity index (χ0v) is 12.7. The van der Waals surface area contributed by atoms with Gasteiger partial charge in [-0.2, -0.15) is 5.10 Å². The van der Waals surface area contributed by atoms with E-state index in [1.54, 1.807) is 30.0 Å². The van der Waals surface area contributed by atoms with Crippen LogP contribution in [0.4, 0.5) is 0 Å². The summed E-state index contributed by atoms with van der Waals surface area (Å²) >= 11 is 6.18. The zero-order valence-electron chi connectivity index (χ0n) is 11.9. The Labute approximate surface area is 123 Å². The van der Waals surface area contributed by atoms with Crippen molar-refractivity contribution >= 4 is 11.6 Å². The summed E-state index contributed by atoms with van der Waals surface area (Å²) in [5, 5.41) is 15.4. The fourth-order valence-corrected chi connectivity index (χ4v) is 2.55. The van der Waals surface area contributed by atoms with E-state index in [2.05, 4.69) is 12.0 Å². The third kappa shape index (κ3) is 2.97. The standard InChI is InChI=1S/C15H19ClN2O2/c1-4-10-8-11(18(2)17-10)9-13(19)15-12(16)6-5-7-14(15)20-3/h5-8,13,19H,4,9H2,1-3H3. The smallest absolute Gasteiger partial charge is 0.126 e. The van der Waals surface area contributed by atoms with Gasteiger partial charge in [0.25, 0.3) is 0 Å². The van der Waals surface area contributed by atoms with Gasteiger partial charge in [0.15, 0.2) is 0 Å². The van der Waals surface area contributed by atoms with Gasteiger partial charge in [0.2, 0.25) is 0 Å². The van der Waals surface area contributed by atoms with E-state index in [0.717, 1.165) is 17.8 Å². The van der Waals surface area contributed by atoms with Crippen molar-refractivity contribution in [2.24, 2.45) is 7.05 Å². The molecule has 108 valence electrons. The molecule has 20 heavy (non-hydrogen) atoms. The van der Waals surface area contributed by atoms with Gasteiger partial charge in [0, 0.05) is 24.7 Å². The Balaban J connectivity index is 2.28. The van der Waals surface area contributed by atoms with Crippen molar-refractivity contribution in [3.63, 3.8) is 0 Å². The first kappa shape index (κ1) is 14.9. The van der Waals surface area contributed by atoms with Crippen LogP contribution in [0.5, 0.6) is 5.75 Å². The number of hydrogen-bond acceptors (Lipinski definition) is 3. The van der Waals surface area contributed by atoms with Gasteiger partial charge in [-0.3, -0.25) is 4.68 Å². The lowest BCUT2D eigenvalue weighted by Gasteiger charge is -2.16. The maximum absolute atomic E-state index is 10.5. The number of aromatic nitrogens is 2. The molecule has 1 aromatic carbocycles. The van der Waals surface area contributed by atoms with Crippen LogP contribution in [0, 0.1) is 0 Å². The van der Waals surface area contributed by atoms with Gasteiger partial charge in [-0.1, -0.05) is 24.6 Å². The van der Waals surface area contributed by atoms with Crippen LogP contribution in [0.15, 0.2) is 24.3 Å². The van der Waals surface area contributed by atoms with Gasteiger partial charge in [0.05, 0.1) is 23.9 Å². The van der Waals surface area contributed by atoms with Crippen LogP contribution in [0.25, 0.3) is 0 Å². The Morgan fingerprint density at radius 2 is 2.20 bits per heavy atom. The molecule has 0 saturated heterocycles. The molecule has 0 saturated carbocycles. The van der Waals surface area contributed by atoms with E-state index in [4.69, 9.17) is 16.3 Å². The average Bonchev–Trinajstić information content (AvgIpc) is 2.78. The molecule has 1 aromatic heterocycles. The highest BCUT2D eigenvalue weighted by atomic mass is 35.5. The molecule has 0 amide bonds. The Hall–Kier alpha value is -1.52. The Bertz CT molecular complexity index is 596. The fourth-order valence-electron chi connectivity index (χ4n) is 2.25. The van der Waals surface area contributed by atoms with Crippen LogP contribution in [0.3, 0.4) is 0 Å². The maximum atomic E-state index is 10.5. The second-order valence-electron chi connectivity index (χ2n) is 4.68. The zero-order chi connectivity index (χ0) is 14.7. The first-order chi connectivity index (χ1) is 9.56. The average molecular weight is 295 g/mol. The van der Waals surface area contributed by atoms with E-state index in [1.807, 2.05) is 13.1 Å². The molecule has 1 heterocycles. The SMILES string of the molecule is CCc1cc(CC(O)c2c(Cl)cccc2OC)n(C)n1. The number of halogens is 1. The lowest BCUT2D eigenvalue weighted by atomic mass is 10.0. The van der Waals surface area contributed by atoms with Crippen LogP contribution in [0.1, 0.15) is 30.0 Å². The minimum Gasteiger partial charge on any atom is -0.496 e. The van der Waals surface area contributed by atoms with Crippen LogP contribution in [0.2, 0.25) is 5.02 Å². The number of rotatable bonds is 5. The van der Waals surface area contributed by atoms with Gasteiger partial charge < -0.3 is 9.84 Å². The first-order valence-electron chi connectivity index (χ1n) is 6.59. The summed E-state index contributed by atoms with van der Waals surface area (Å²) in [4.78, 5) is 0. The molecular weight excluding hydrogens is 276 g/mol. The molecular formula is C15H19ClN2O2. The number of aliphatic hydroxyl groups is 1. The Morgan fingerprint density at radius 1 is 1.45 bits per heavy atom. The minimum absolute atomic E-state index is 0.448. The molecule has 5 heteroatoms. The summed E-state index contributed by atoms with van der Waals surface area (Å²) in [6, 6.07) is 7.36. The Kier molecular flexibility index (Phi) is 4.68. The number of aliphatic hydroxyl groups excluding tert-OH is 1. The fraction of sp³-hybridized carbons (Fsp3) is 0.400. The third-order valence-electron chi connectivity index (χ3n) is 3.36. The summed E-state index contributed by atoms with van der Waals surface area (Å²) in [5.74, 6) is 0.600. The molecule has 2 aromatic rings. The Morgan fingerprint density at radius 3 is 2.80 bits per heavy atom. The van der Waals surface area contributed by atoms with Gasteiger partial charge in [-0.05, 0) is 24.6 Å². The summed E-state index contributed by atoms with van der Waals surface area (Å²) in [5.41, 5.74) is 2.60. The monoisotopic (exact) mass is 294 g/mol. The van der Waals surface area contributed by atoms with E-state index in [1.165, 1.54) is 0 Å². The van der Waals surface area contributed by atoms with Crippen molar-refractivity contribution in [1.82, 2.24) is 9.78 Å². The second kappa shape index (κ2) is 6.29. The molecule has 0 aliphatic carbocycles. The highest BCUT2D eigenvalue weighted by Crippen LogP contribution is 2.33. The predicted molar refractivity (Wildman–Crippen MR) is 79.3 cm³/mol. The number of ether oxygens (including phenoxy) is 1. The van der Waals surface area contributed by atoms with Crippen LogP contribution < -0.4 is 4.74 Å². The van der Waals surface area contributed by atoms with E-state index in [0.29, 0.717) is 22.8 Å². The highest BCUT2D eigenvalue weighted by Gasteiger charge is 2.19. The van der Waals surface area contributed by atoms with Crippen LogP contribution in [-0.4, -0.2) is 22.0 Å². The molecule has 0 fully saturated rings. The maximum Gasteiger partial charge on any atom is 0.126 e. The molecule has 0 aliphatic heterocycles. The topological polar surface area (TPSA) is 47.3 Å². The predicted octanol–water partition coefficient (Wildman–Crippen LogP) is 2.92. The molecule has 1 N–H and O–H groups in total. The summed E-state index contributed by atoms with van der Waals surface area (Å²) in [7, 11) is 3.45. The number of methoxy groups -OCH3 is 1. The van der Waals surface area contributed by atoms with Crippen molar-refractivity contribution in [2.45, 2.75) is 25.9 Å². The van der Waals surface area contributed by atoms with Crippen molar-refractivity contribution < 1.29 is 9.84 Å². The summed E-state index contributed by atoms with van der Waals surface area (Å²) in [6.07, 6.45) is 0.599. The van der Waals surface area contributed by atoms with Crippen LogP contribution >= 0.6 is 11.6 Å².